The topological polar surface area (TPSA) is 85.8 Å². The maximum Gasteiger partial charge on any atom is 0.279 e. The van der Waals surface area contributed by atoms with Gasteiger partial charge in [-0.3, -0.25) is 9.48 Å². The molecule has 4 aromatic rings. The number of nitrogens with zero attached hydrogens (tertiary/aromatic N) is 4. The van der Waals surface area contributed by atoms with Gasteiger partial charge in [-0.2, -0.15) is 10.1 Å². The normalized spacial score (nSPS) is 18.7. The van der Waals surface area contributed by atoms with Gasteiger partial charge < -0.3 is 9.84 Å². The molecule has 2 heterocycles. The molecule has 32 heavy (non-hydrogen) atoms. The third-order valence-electron chi connectivity index (χ3n) is 6.27. The molecule has 2 aromatic carbocycles. The SMILES string of the molecule is Cc1ccc(-c2noc(-c3nn(CC(=O)NC4CCC(C)CC4)c4ccccc34)n2)cc1. The summed E-state index contributed by atoms with van der Waals surface area (Å²) >= 11 is 0. The van der Waals surface area contributed by atoms with Crippen LogP contribution in [0.2, 0.25) is 0 Å². The maximum atomic E-state index is 12.7. The lowest BCUT2D eigenvalue weighted by molar-refractivity contribution is -0.122. The molecule has 0 saturated heterocycles. The minimum atomic E-state index is -0.0183. The molecule has 0 radical (unpaired) electrons. The number of aromatic nitrogens is 4. The Morgan fingerprint density at radius 2 is 1.84 bits per heavy atom. The van der Waals surface area contributed by atoms with Gasteiger partial charge in [0.1, 0.15) is 6.54 Å². The van der Waals surface area contributed by atoms with E-state index in [1.54, 1.807) is 4.68 Å². The number of benzene rings is 2. The molecule has 1 saturated carbocycles. The van der Waals surface area contributed by atoms with Crippen LogP contribution in [0.3, 0.4) is 0 Å². The Hall–Kier alpha value is -3.48. The Balaban J connectivity index is 1.39. The third kappa shape index (κ3) is 4.15. The summed E-state index contributed by atoms with van der Waals surface area (Å²) in [5, 5.41) is 12.9. The van der Waals surface area contributed by atoms with Gasteiger partial charge in [-0.25, -0.2) is 0 Å². The molecule has 0 unspecified atom stereocenters. The second kappa shape index (κ2) is 8.57. The van der Waals surface area contributed by atoms with E-state index in [1.807, 2.05) is 55.5 Å². The van der Waals surface area contributed by atoms with E-state index >= 15 is 0 Å². The summed E-state index contributed by atoms with van der Waals surface area (Å²) in [6.07, 6.45) is 4.42. The van der Waals surface area contributed by atoms with Crippen molar-refractivity contribution in [2.75, 3.05) is 0 Å². The number of hydrogen-bond acceptors (Lipinski definition) is 5. The molecule has 7 heteroatoms. The van der Waals surface area contributed by atoms with E-state index < -0.39 is 0 Å². The van der Waals surface area contributed by atoms with Crippen molar-refractivity contribution in [3.63, 3.8) is 0 Å². The highest BCUT2D eigenvalue weighted by molar-refractivity contribution is 5.92. The van der Waals surface area contributed by atoms with Crippen molar-refractivity contribution in [1.29, 1.82) is 0 Å². The summed E-state index contributed by atoms with van der Waals surface area (Å²) in [6, 6.07) is 16.0. The van der Waals surface area contributed by atoms with Crippen molar-refractivity contribution in [1.82, 2.24) is 25.2 Å². The number of carbonyl (C=O) groups excluding carboxylic acids is 1. The molecule has 1 fully saturated rings. The number of amides is 1. The Kier molecular flexibility index (Phi) is 5.47. The molecule has 2 aromatic heterocycles. The maximum absolute atomic E-state index is 12.7. The standard InChI is InChI=1S/C25H27N5O2/c1-16-7-11-18(12-8-16)24-27-25(32-29-24)23-20-5-3-4-6-21(20)30(28-23)15-22(31)26-19-13-9-17(2)10-14-19/h3-8,11-12,17,19H,9-10,13-15H2,1-2H3,(H,26,31). The quantitative estimate of drug-likeness (QED) is 0.494. The van der Waals surface area contributed by atoms with Gasteiger partial charge in [0.2, 0.25) is 11.7 Å². The van der Waals surface area contributed by atoms with Crippen molar-refractivity contribution in [3.8, 4) is 23.0 Å². The number of fused-ring (bicyclic) bond motifs is 1. The molecule has 1 aliphatic carbocycles. The van der Waals surface area contributed by atoms with Crippen LogP contribution in [0.25, 0.3) is 33.9 Å². The van der Waals surface area contributed by atoms with Crippen LogP contribution in [0.5, 0.6) is 0 Å². The number of hydrogen-bond donors (Lipinski definition) is 1. The zero-order valence-corrected chi connectivity index (χ0v) is 18.4. The smallest absolute Gasteiger partial charge is 0.279 e. The average Bonchev–Trinajstić information content (AvgIpc) is 3.41. The molecular formula is C25H27N5O2. The highest BCUT2D eigenvalue weighted by Gasteiger charge is 2.22. The Morgan fingerprint density at radius 1 is 1.09 bits per heavy atom. The van der Waals surface area contributed by atoms with Gasteiger partial charge in [-0.05, 0) is 44.6 Å². The van der Waals surface area contributed by atoms with Crippen LogP contribution in [-0.4, -0.2) is 31.9 Å². The number of rotatable bonds is 5. The van der Waals surface area contributed by atoms with Crippen LogP contribution in [0.1, 0.15) is 38.2 Å². The Bertz CT molecular complexity index is 1230. The van der Waals surface area contributed by atoms with Crippen molar-refractivity contribution in [2.24, 2.45) is 5.92 Å². The zero-order valence-electron chi connectivity index (χ0n) is 18.4. The molecule has 0 atom stereocenters. The van der Waals surface area contributed by atoms with Gasteiger partial charge in [-0.15, -0.1) is 0 Å². The molecule has 0 bridgehead atoms. The van der Waals surface area contributed by atoms with Gasteiger partial charge in [0.15, 0.2) is 5.69 Å². The molecule has 0 aliphatic heterocycles. The molecular weight excluding hydrogens is 402 g/mol. The van der Waals surface area contributed by atoms with E-state index in [4.69, 9.17) is 4.52 Å². The van der Waals surface area contributed by atoms with E-state index in [0.29, 0.717) is 17.4 Å². The van der Waals surface area contributed by atoms with Gasteiger partial charge in [0.25, 0.3) is 5.89 Å². The van der Waals surface area contributed by atoms with E-state index in [-0.39, 0.29) is 18.5 Å². The fourth-order valence-electron chi connectivity index (χ4n) is 4.36. The molecule has 1 N–H and O–H groups in total. The third-order valence-corrected chi connectivity index (χ3v) is 6.27. The van der Waals surface area contributed by atoms with Crippen LogP contribution < -0.4 is 5.32 Å². The number of para-hydroxylation sites is 1. The minimum absolute atomic E-state index is 0.0183. The second-order valence-electron chi connectivity index (χ2n) is 8.84. The highest BCUT2D eigenvalue weighted by Crippen LogP contribution is 2.29. The summed E-state index contributed by atoms with van der Waals surface area (Å²) in [6.45, 7) is 4.47. The summed E-state index contributed by atoms with van der Waals surface area (Å²) in [4.78, 5) is 17.3. The van der Waals surface area contributed by atoms with Crippen molar-refractivity contribution >= 4 is 16.8 Å². The lowest BCUT2D eigenvalue weighted by Gasteiger charge is -2.26. The lowest BCUT2D eigenvalue weighted by atomic mass is 9.87. The number of carbonyl (C=O) groups is 1. The first-order valence-electron chi connectivity index (χ1n) is 11.2. The fraction of sp³-hybridized carbons (Fsp3) is 0.360. The van der Waals surface area contributed by atoms with Gasteiger partial charge in [0.05, 0.1) is 5.52 Å². The first kappa shape index (κ1) is 20.4. The van der Waals surface area contributed by atoms with Crippen LogP contribution in [0.15, 0.2) is 53.1 Å². The van der Waals surface area contributed by atoms with Crippen LogP contribution in [-0.2, 0) is 11.3 Å². The van der Waals surface area contributed by atoms with Gasteiger partial charge in [-0.1, -0.05) is 60.1 Å². The number of aryl methyl sites for hydroxylation is 1. The van der Waals surface area contributed by atoms with Crippen molar-refractivity contribution in [2.45, 2.75) is 52.1 Å². The summed E-state index contributed by atoms with van der Waals surface area (Å²) < 4.78 is 7.28. The largest absolute Gasteiger partial charge is 0.352 e. The summed E-state index contributed by atoms with van der Waals surface area (Å²) in [5.74, 6) is 1.59. The summed E-state index contributed by atoms with van der Waals surface area (Å²) in [5.41, 5.74) is 3.51. The predicted octanol–water partition coefficient (Wildman–Crippen LogP) is 4.76. The Labute approximate surface area is 186 Å². The minimum Gasteiger partial charge on any atom is -0.352 e. The average molecular weight is 430 g/mol. The summed E-state index contributed by atoms with van der Waals surface area (Å²) in [7, 11) is 0. The predicted molar refractivity (Wildman–Crippen MR) is 123 cm³/mol. The molecule has 1 aliphatic rings. The lowest BCUT2D eigenvalue weighted by Crippen LogP contribution is -2.39. The molecule has 7 nitrogen and oxygen atoms in total. The van der Waals surface area contributed by atoms with E-state index in [2.05, 4.69) is 27.5 Å². The van der Waals surface area contributed by atoms with E-state index in [1.165, 1.54) is 18.4 Å². The Morgan fingerprint density at radius 3 is 2.62 bits per heavy atom. The molecule has 5 rings (SSSR count). The molecule has 0 spiro atoms. The first-order valence-corrected chi connectivity index (χ1v) is 11.2. The monoisotopic (exact) mass is 429 g/mol. The highest BCUT2D eigenvalue weighted by atomic mass is 16.5. The first-order chi connectivity index (χ1) is 15.6. The van der Waals surface area contributed by atoms with Crippen molar-refractivity contribution in [3.05, 3.63) is 54.1 Å². The van der Waals surface area contributed by atoms with E-state index in [0.717, 1.165) is 35.2 Å². The zero-order chi connectivity index (χ0) is 22.1. The van der Waals surface area contributed by atoms with Gasteiger partial charge >= 0.3 is 0 Å². The molecule has 164 valence electrons. The van der Waals surface area contributed by atoms with Gasteiger partial charge in [0, 0.05) is 17.0 Å². The van der Waals surface area contributed by atoms with Crippen LogP contribution in [0.4, 0.5) is 0 Å². The van der Waals surface area contributed by atoms with Crippen LogP contribution >= 0.6 is 0 Å². The second-order valence-corrected chi connectivity index (χ2v) is 8.84. The van der Waals surface area contributed by atoms with Crippen molar-refractivity contribution < 1.29 is 9.32 Å². The fourth-order valence-corrected chi connectivity index (χ4v) is 4.36. The molecule has 1 amide bonds. The number of nitrogens with one attached hydrogen (secondary N) is 1. The van der Waals surface area contributed by atoms with E-state index in [9.17, 15) is 4.79 Å². The van der Waals surface area contributed by atoms with Crippen LogP contribution in [0, 0.1) is 12.8 Å².